The first-order valence-corrected chi connectivity index (χ1v) is 9.38. The largest absolute Gasteiger partial charge is 0.489 e. The number of hydrogen-bond donors (Lipinski definition) is 3. The van der Waals surface area contributed by atoms with Crippen LogP contribution < -0.4 is 15.8 Å². The lowest BCUT2D eigenvalue weighted by atomic mass is 10.2. The standard InChI is InChI=1S/C23H17N3O4/c27-22(24-16-7-9-18-21(11-16)30-23(28)26-18)20-10-15-6-8-17(12-19(15)25-20)29-13-14-4-2-1-3-5-14/h1-12,25H,13H2,(H,24,27)(H,26,28). The average Bonchev–Trinajstić information content (AvgIpc) is 3.34. The van der Waals surface area contributed by atoms with E-state index in [1.165, 1.54) is 0 Å². The Balaban J connectivity index is 1.33. The highest BCUT2D eigenvalue weighted by atomic mass is 16.5. The van der Waals surface area contributed by atoms with Crippen molar-refractivity contribution in [3.8, 4) is 5.75 Å². The molecule has 7 nitrogen and oxygen atoms in total. The molecule has 2 heterocycles. The summed E-state index contributed by atoms with van der Waals surface area (Å²) in [6, 6.07) is 22.3. The summed E-state index contributed by atoms with van der Waals surface area (Å²) in [4.78, 5) is 29.6. The van der Waals surface area contributed by atoms with Crippen LogP contribution in [0, 0.1) is 0 Å². The van der Waals surface area contributed by atoms with Gasteiger partial charge in [0.25, 0.3) is 5.91 Å². The Labute approximate surface area is 170 Å². The smallest absolute Gasteiger partial charge is 0.417 e. The van der Waals surface area contributed by atoms with Crippen LogP contribution in [0.5, 0.6) is 5.75 Å². The van der Waals surface area contributed by atoms with E-state index in [1.807, 2.05) is 48.5 Å². The molecular weight excluding hydrogens is 382 g/mol. The number of carbonyl (C=O) groups is 1. The number of ether oxygens (including phenoxy) is 1. The molecule has 0 fully saturated rings. The number of anilines is 1. The highest BCUT2D eigenvalue weighted by molar-refractivity contribution is 6.06. The average molecular weight is 399 g/mol. The molecule has 5 rings (SSSR count). The lowest BCUT2D eigenvalue weighted by molar-refractivity contribution is 0.102. The van der Waals surface area contributed by atoms with Crippen molar-refractivity contribution in [2.75, 3.05) is 5.32 Å². The molecule has 0 unspecified atom stereocenters. The van der Waals surface area contributed by atoms with Gasteiger partial charge in [-0.3, -0.25) is 9.78 Å². The van der Waals surface area contributed by atoms with Gasteiger partial charge in [-0.15, -0.1) is 0 Å². The second kappa shape index (κ2) is 7.29. The zero-order valence-corrected chi connectivity index (χ0v) is 15.8. The molecule has 30 heavy (non-hydrogen) atoms. The summed E-state index contributed by atoms with van der Waals surface area (Å²) >= 11 is 0. The van der Waals surface area contributed by atoms with Crippen molar-refractivity contribution in [1.82, 2.24) is 9.97 Å². The highest BCUT2D eigenvalue weighted by Gasteiger charge is 2.12. The molecule has 148 valence electrons. The third-order valence-corrected chi connectivity index (χ3v) is 4.77. The van der Waals surface area contributed by atoms with E-state index in [4.69, 9.17) is 9.15 Å². The first-order chi connectivity index (χ1) is 14.6. The summed E-state index contributed by atoms with van der Waals surface area (Å²) in [5.41, 5.74) is 3.79. The van der Waals surface area contributed by atoms with Crippen LogP contribution in [0.3, 0.4) is 0 Å². The predicted molar refractivity (Wildman–Crippen MR) is 114 cm³/mol. The monoisotopic (exact) mass is 399 g/mol. The predicted octanol–water partition coefficient (Wildman–Crippen LogP) is 4.43. The maximum absolute atomic E-state index is 12.6. The summed E-state index contributed by atoms with van der Waals surface area (Å²) in [6.07, 6.45) is 0. The van der Waals surface area contributed by atoms with Crippen molar-refractivity contribution in [3.05, 3.63) is 94.6 Å². The lowest BCUT2D eigenvalue weighted by Gasteiger charge is -2.06. The van der Waals surface area contributed by atoms with Crippen LogP contribution in [-0.2, 0) is 6.61 Å². The lowest BCUT2D eigenvalue weighted by Crippen LogP contribution is -2.12. The number of oxazole rings is 1. The maximum atomic E-state index is 12.6. The molecule has 7 heteroatoms. The number of carbonyl (C=O) groups excluding carboxylic acids is 1. The van der Waals surface area contributed by atoms with Crippen LogP contribution in [0.25, 0.3) is 22.0 Å². The number of hydrogen-bond acceptors (Lipinski definition) is 4. The SMILES string of the molecule is O=C(Nc1ccc2[nH]c(=O)oc2c1)c1cc2ccc(OCc3ccccc3)cc2[nH]1. The fraction of sp³-hybridized carbons (Fsp3) is 0.0435. The number of aromatic amines is 2. The van der Waals surface area contributed by atoms with E-state index < -0.39 is 5.76 Å². The van der Waals surface area contributed by atoms with Crippen molar-refractivity contribution in [2.24, 2.45) is 0 Å². The van der Waals surface area contributed by atoms with Crippen molar-refractivity contribution < 1.29 is 13.9 Å². The van der Waals surface area contributed by atoms with Gasteiger partial charge in [0.1, 0.15) is 18.1 Å². The molecule has 3 N–H and O–H groups in total. The van der Waals surface area contributed by atoms with E-state index in [-0.39, 0.29) is 5.91 Å². The number of rotatable bonds is 5. The van der Waals surface area contributed by atoms with Crippen LogP contribution in [0.4, 0.5) is 5.69 Å². The van der Waals surface area contributed by atoms with Crippen LogP contribution in [0.2, 0.25) is 0 Å². The van der Waals surface area contributed by atoms with E-state index in [9.17, 15) is 9.59 Å². The van der Waals surface area contributed by atoms with Crippen molar-refractivity contribution in [3.63, 3.8) is 0 Å². The van der Waals surface area contributed by atoms with Gasteiger partial charge >= 0.3 is 5.76 Å². The normalized spacial score (nSPS) is 11.1. The van der Waals surface area contributed by atoms with Crippen LogP contribution in [0.15, 0.2) is 82.0 Å². The van der Waals surface area contributed by atoms with Crippen molar-refractivity contribution in [1.29, 1.82) is 0 Å². The Bertz CT molecular complexity index is 1410. The van der Waals surface area contributed by atoms with Gasteiger partial charge in [0, 0.05) is 28.7 Å². The van der Waals surface area contributed by atoms with E-state index in [1.54, 1.807) is 24.3 Å². The molecular formula is C23H17N3O4. The number of H-pyrrole nitrogens is 2. The molecule has 0 saturated carbocycles. The minimum Gasteiger partial charge on any atom is -0.489 e. The van der Waals surface area contributed by atoms with Gasteiger partial charge in [-0.05, 0) is 35.9 Å². The topological polar surface area (TPSA) is 100 Å². The molecule has 5 aromatic rings. The molecule has 0 aliphatic carbocycles. The molecule has 0 aliphatic heterocycles. The van der Waals surface area contributed by atoms with E-state index in [2.05, 4.69) is 15.3 Å². The van der Waals surface area contributed by atoms with Gasteiger partial charge in [-0.2, -0.15) is 0 Å². The van der Waals surface area contributed by atoms with Crippen LogP contribution in [0.1, 0.15) is 16.1 Å². The minimum absolute atomic E-state index is 0.296. The van der Waals surface area contributed by atoms with Crippen LogP contribution in [-0.4, -0.2) is 15.9 Å². The van der Waals surface area contributed by atoms with Gasteiger partial charge < -0.3 is 19.5 Å². The van der Waals surface area contributed by atoms with E-state index in [0.29, 0.717) is 34.8 Å². The van der Waals surface area contributed by atoms with E-state index >= 15 is 0 Å². The molecule has 2 aromatic heterocycles. The van der Waals surface area contributed by atoms with Gasteiger partial charge in [0.2, 0.25) is 0 Å². The Hall–Kier alpha value is -4.26. The second-order valence-electron chi connectivity index (χ2n) is 6.89. The Morgan fingerprint density at radius 3 is 2.67 bits per heavy atom. The van der Waals surface area contributed by atoms with Gasteiger partial charge in [0.05, 0.1) is 5.52 Å². The quantitative estimate of drug-likeness (QED) is 0.407. The summed E-state index contributed by atoms with van der Waals surface area (Å²) in [5, 5.41) is 3.71. The Kier molecular flexibility index (Phi) is 4.33. The number of amides is 1. The zero-order valence-electron chi connectivity index (χ0n) is 15.8. The molecule has 0 radical (unpaired) electrons. The zero-order chi connectivity index (χ0) is 20.5. The number of aromatic nitrogens is 2. The van der Waals surface area contributed by atoms with Crippen molar-refractivity contribution >= 4 is 33.6 Å². The first kappa shape index (κ1) is 17.8. The first-order valence-electron chi connectivity index (χ1n) is 9.38. The number of benzene rings is 3. The molecule has 0 aliphatic rings. The third-order valence-electron chi connectivity index (χ3n) is 4.77. The highest BCUT2D eigenvalue weighted by Crippen LogP contribution is 2.23. The number of nitrogens with one attached hydrogen (secondary N) is 3. The Morgan fingerprint density at radius 1 is 0.933 bits per heavy atom. The minimum atomic E-state index is -0.533. The molecule has 0 saturated heterocycles. The molecule has 0 atom stereocenters. The summed E-state index contributed by atoms with van der Waals surface area (Å²) < 4.78 is 10.9. The fourth-order valence-electron chi connectivity index (χ4n) is 3.28. The third kappa shape index (κ3) is 3.56. The summed E-state index contributed by atoms with van der Waals surface area (Å²) in [6.45, 7) is 0.470. The Morgan fingerprint density at radius 2 is 1.80 bits per heavy atom. The molecule has 0 bridgehead atoms. The second-order valence-corrected chi connectivity index (χ2v) is 6.89. The molecule has 1 amide bonds. The maximum Gasteiger partial charge on any atom is 0.417 e. The van der Waals surface area contributed by atoms with Gasteiger partial charge in [0.15, 0.2) is 5.58 Å². The van der Waals surface area contributed by atoms with Gasteiger partial charge in [-0.1, -0.05) is 30.3 Å². The summed E-state index contributed by atoms with van der Waals surface area (Å²) in [7, 11) is 0. The fourth-order valence-corrected chi connectivity index (χ4v) is 3.28. The van der Waals surface area contributed by atoms with Gasteiger partial charge in [-0.25, -0.2) is 4.79 Å². The molecule has 0 spiro atoms. The number of fused-ring (bicyclic) bond motifs is 2. The molecule has 3 aromatic carbocycles. The summed E-state index contributed by atoms with van der Waals surface area (Å²) in [5.74, 6) is -0.113. The van der Waals surface area contributed by atoms with Crippen molar-refractivity contribution in [2.45, 2.75) is 6.61 Å². The van der Waals surface area contributed by atoms with Crippen LogP contribution >= 0.6 is 0 Å². The van der Waals surface area contributed by atoms with E-state index in [0.717, 1.165) is 16.5 Å².